The van der Waals surface area contributed by atoms with E-state index in [0.717, 1.165) is 5.92 Å². The molecule has 0 N–H and O–H groups in total. The molecule has 0 aliphatic heterocycles. The van der Waals surface area contributed by atoms with E-state index in [2.05, 4.69) is 32.9 Å². The monoisotopic (exact) mass is 174 g/mol. The van der Waals surface area contributed by atoms with Gasteiger partial charge in [-0.15, -0.1) is 0 Å². The lowest BCUT2D eigenvalue weighted by Crippen LogP contribution is -1.96. The van der Waals surface area contributed by atoms with Gasteiger partial charge in [0.25, 0.3) is 0 Å². The van der Waals surface area contributed by atoms with Crippen LogP contribution in [0, 0.1) is 13.8 Å². The van der Waals surface area contributed by atoms with Crippen molar-refractivity contribution in [2.24, 2.45) is 0 Å². The lowest BCUT2D eigenvalue weighted by molar-refractivity contribution is 1.02. The number of aryl methyl sites for hydroxylation is 1. The van der Waals surface area contributed by atoms with E-state index in [9.17, 15) is 0 Å². The molecule has 0 radical (unpaired) electrons. The van der Waals surface area contributed by atoms with Crippen molar-refractivity contribution in [3.8, 4) is 0 Å². The van der Waals surface area contributed by atoms with Crippen LogP contribution in [0.3, 0.4) is 0 Å². The maximum atomic E-state index is 2.33. The normalized spacial score (nSPS) is 16.2. The minimum absolute atomic E-state index is 0.894. The first-order chi connectivity index (χ1) is 6.24. The van der Waals surface area contributed by atoms with Crippen molar-refractivity contribution in [2.45, 2.75) is 46.0 Å². The van der Waals surface area contributed by atoms with Crippen molar-refractivity contribution in [3.05, 3.63) is 34.4 Å². The highest BCUT2D eigenvalue weighted by molar-refractivity contribution is 5.42. The largest absolute Gasteiger partial charge is 0.0613 e. The molecule has 70 valence electrons. The molecule has 1 aliphatic rings. The van der Waals surface area contributed by atoms with Gasteiger partial charge in [0.15, 0.2) is 0 Å². The number of benzene rings is 1. The van der Waals surface area contributed by atoms with Crippen LogP contribution < -0.4 is 0 Å². The predicted molar refractivity (Wildman–Crippen MR) is 57.3 cm³/mol. The lowest BCUT2D eigenvalue weighted by atomic mass is 9.94. The first-order valence-corrected chi connectivity index (χ1v) is 5.33. The minimum Gasteiger partial charge on any atom is -0.0613 e. The van der Waals surface area contributed by atoms with Crippen molar-refractivity contribution in [1.29, 1.82) is 0 Å². The molecule has 1 saturated carbocycles. The van der Waals surface area contributed by atoms with Crippen LogP contribution in [0.5, 0.6) is 0 Å². The zero-order valence-electron chi connectivity index (χ0n) is 8.85. The van der Waals surface area contributed by atoms with Gasteiger partial charge in [0.2, 0.25) is 0 Å². The van der Waals surface area contributed by atoms with Crippen LogP contribution in [0.25, 0.3) is 0 Å². The zero-order valence-corrected chi connectivity index (χ0v) is 8.85. The van der Waals surface area contributed by atoms with E-state index in [1.54, 1.807) is 16.7 Å². The molecule has 1 aromatic rings. The Bertz CT molecular complexity index is 319. The Hall–Kier alpha value is -0.780. The highest BCUT2D eigenvalue weighted by Crippen LogP contribution is 2.42. The van der Waals surface area contributed by atoms with Crippen molar-refractivity contribution >= 4 is 0 Å². The maximum Gasteiger partial charge on any atom is -0.0159 e. The van der Waals surface area contributed by atoms with Crippen molar-refractivity contribution < 1.29 is 0 Å². The van der Waals surface area contributed by atoms with Gasteiger partial charge in [-0.3, -0.25) is 0 Å². The van der Waals surface area contributed by atoms with Crippen LogP contribution in [0.1, 0.15) is 47.9 Å². The summed E-state index contributed by atoms with van der Waals surface area (Å²) in [5, 5.41) is 0. The second-order valence-electron chi connectivity index (χ2n) is 4.20. The van der Waals surface area contributed by atoms with Crippen molar-refractivity contribution in [1.82, 2.24) is 0 Å². The lowest BCUT2D eigenvalue weighted by Gasteiger charge is -2.12. The highest BCUT2D eigenvalue weighted by Gasteiger charge is 2.25. The Morgan fingerprint density at radius 1 is 1.23 bits per heavy atom. The highest BCUT2D eigenvalue weighted by atomic mass is 14.3. The van der Waals surface area contributed by atoms with Crippen LogP contribution in [0.4, 0.5) is 0 Å². The SMILES string of the molecule is CCc1c(C)ccc(C2CC2)c1C. The zero-order chi connectivity index (χ0) is 9.42. The van der Waals surface area contributed by atoms with Gasteiger partial charge in [0, 0.05) is 0 Å². The summed E-state index contributed by atoms with van der Waals surface area (Å²) in [5.41, 5.74) is 6.21. The summed E-state index contributed by atoms with van der Waals surface area (Å²) in [6, 6.07) is 4.63. The Kier molecular flexibility index (Phi) is 2.15. The van der Waals surface area contributed by atoms with E-state index in [1.807, 2.05) is 0 Å². The molecule has 0 bridgehead atoms. The first kappa shape index (κ1) is 8.80. The van der Waals surface area contributed by atoms with Crippen molar-refractivity contribution in [2.75, 3.05) is 0 Å². The smallest absolute Gasteiger partial charge is 0.0159 e. The van der Waals surface area contributed by atoms with Gasteiger partial charge in [-0.25, -0.2) is 0 Å². The third-order valence-electron chi connectivity index (χ3n) is 3.25. The van der Waals surface area contributed by atoms with Crippen LogP contribution in [-0.2, 0) is 6.42 Å². The Morgan fingerprint density at radius 3 is 2.46 bits per heavy atom. The summed E-state index contributed by atoms with van der Waals surface area (Å²) in [4.78, 5) is 0. The summed E-state index contributed by atoms with van der Waals surface area (Å²) in [5.74, 6) is 0.894. The molecular formula is C13H18. The van der Waals surface area contributed by atoms with E-state index in [4.69, 9.17) is 0 Å². The van der Waals surface area contributed by atoms with Crippen LogP contribution in [-0.4, -0.2) is 0 Å². The molecule has 1 fully saturated rings. The molecule has 0 heterocycles. The summed E-state index contributed by atoms with van der Waals surface area (Å²) in [6.45, 7) is 6.77. The van der Waals surface area contributed by atoms with Crippen molar-refractivity contribution in [3.63, 3.8) is 0 Å². The number of hydrogen-bond donors (Lipinski definition) is 0. The molecule has 0 nitrogen and oxygen atoms in total. The van der Waals surface area contributed by atoms with Gasteiger partial charge in [-0.05, 0) is 61.3 Å². The molecule has 2 rings (SSSR count). The second-order valence-corrected chi connectivity index (χ2v) is 4.20. The van der Waals surface area contributed by atoms with E-state index in [0.29, 0.717) is 0 Å². The van der Waals surface area contributed by atoms with Gasteiger partial charge in [-0.1, -0.05) is 19.1 Å². The molecule has 1 aliphatic carbocycles. The second kappa shape index (κ2) is 3.17. The Morgan fingerprint density at radius 2 is 1.92 bits per heavy atom. The summed E-state index contributed by atoms with van der Waals surface area (Å²) in [6.07, 6.45) is 4.00. The number of rotatable bonds is 2. The fraction of sp³-hybridized carbons (Fsp3) is 0.538. The van der Waals surface area contributed by atoms with E-state index in [1.165, 1.54) is 24.8 Å². The molecule has 0 aromatic heterocycles. The third-order valence-corrected chi connectivity index (χ3v) is 3.25. The predicted octanol–water partition coefficient (Wildman–Crippen LogP) is 3.74. The topological polar surface area (TPSA) is 0 Å². The Labute approximate surface area is 81.0 Å². The molecule has 13 heavy (non-hydrogen) atoms. The summed E-state index contributed by atoms with van der Waals surface area (Å²) < 4.78 is 0. The fourth-order valence-corrected chi connectivity index (χ4v) is 2.29. The molecule has 0 spiro atoms. The molecule has 0 saturated heterocycles. The van der Waals surface area contributed by atoms with Gasteiger partial charge in [0.1, 0.15) is 0 Å². The molecule has 0 amide bonds. The van der Waals surface area contributed by atoms with Crippen LogP contribution in [0.15, 0.2) is 12.1 Å². The average molecular weight is 174 g/mol. The third kappa shape index (κ3) is 1.50. The van der Waals surface area contributed by atoms with E-state index >= 15 is 0 Å². The maximum absolute atomic E-state index is 2.33. The van der Waals surface area contributed by atoms with Gasteiger partial charge >= 0.3 is 0 Å². The summed E-state index contributed by atoms with van der Waals surface area (Å²) >= 11 is 0. The van der Waals surface area contributed by atoms with Gasteiger partial charge < -0.3 is 0 Å². The van der Waals surface area contributed by atoms with Crippen LogP contribution >= 0.6 is 0 Å². The molecule has 0 unspecified atom stereocenters. The van der Waals surface area contributed by atoms with E-state index in [-0.39, 0.29) is 0 Å². The van der Waals surface area contributed by atoms with Crippen LogP contribution in [0.2, 0.25) is 0 Å². The minimum atomic E-state index is 0.894. The number of hydrogen-bond acceptors (Lipinski definition) is 0. The molecule has 0 atom stereocenters. The summed E-state index contributed by atoms with van der Waals surface area (Å²) in [7, 11) is 0. The quantitative estimate of drug-likeness (QED) is 0.640. The fourth-order valence-electron chi connectivity index (χ4n) is 2.29. The molecule has 0 heteroatoms. The van der Waals surface area contributed by atoms with Gasteiger partial charge in [0.05, 0.1) is 0 Å². The first-order valence-electron chi connectivity index (χ1n) is 5.33. The Balaban J connectivity index is 2.47. The average Bonchev–Trinajstić information content (AvgIpc) is 2.88. The standard InChI is InChI=1S/C13H18/c1-4-12-9(2)5-8-13(10(12)3)11-6-7-11/h5,8,11H,4,6-7H2,1-3H3. The van der Waals surface area contributed by atoms with E-state index < -0.39 is 0 Å². The molecule has 1 aromatic carbocycles. The molecular weight excluding hydrogens is 156 g/mol. The van der Waals surface area contributed by atoms with Gasteiger partial charge in [-0.2, -0.15) is 0 Å².